The first-order chi connectivity index (χ1) is 12.8. The zero-order valence-corrected chi connectivity index (χ0v) is 16.8. The minimum Gasteiger partial charge on any atom is -0.393 e. The van der Waals surface area contributed by atoms with Crippen LogP contribution in [-0.2, 0) is 6.54 Å². The van der Waals surface area contributed by atoms with Crippen molar-refractivity contribution in [3.8, 4) is 0 Å². The first kappa shape index (κ1) is 19.1. The highest BCUT2D eigenvalue weighted by Gasteiger charge is 2.56. The largest absolute Gasteiger partial charge is 0.393 e. The van der Waals surface area contributed by atoms with Gasteiger partial charge in [0.1, 0.15) is 12.7 Å². The molecule has 5 nitrogen and oxygen atoms in total. The van der Waals surface area contributed by atoms with Crippen LogP contribution in [-0.4, -0.2) is 37.2 Å². The summed E-state index contributed by atoms with van der Waals surface area (Å²) in [6.45, 7) is 9.85. The van der Waals surface area contributed by atoms with E-state index in [1.165, 1.54) is 5.57 Å². The topological polar surface area (TPSA) is 71.2 Å². The fourth-order valence-corrected chi connectivity index (χ4v) is 6.70. The van der Waals surface area contributed by atoms with E-state index in [1.54, 1.807) is 12.7 Å². The number of aromatic nitrogens is 3. The third kappa shape index (κ3) is 3.17. The third-order valence-electron chi connectivity index (χ3n) is 8.71. The van der Waals surface area contributed by atoms with Crippen LogP contribution in [0.25, 0.3) is 0 Å². The Kier molecular flexibility index (Phi) is 4.96. The molecule has 150 valence electrons. The second-order valence-electron chi connectivity index (χ2n) is 9.88. The van der Waals surface area contributed by atoms with Gasteiger partial charge >= 0.3 is 0 Å². The molecular weight excluding hydrogens is 338 g/mol. The van der Waals surface area contributed by atoms with Gasteiger partial charge in [0.2, 0.25) is 0 Å². The Balaban J connectivity index is 1.54. The van der Waals surface area contributed by atoms with Gasteiger partial charge in [-0.15, -0.1) is 0 Å². The molecule has 0 aromatic carbocycles. The molecule has 0 radical (unpaired) electrons. The van der Waals surface area contributed by atoms with Gasteiger partial charge in [0, 0.05) is 6.54 Å². The van der Waals surface area contributed by atoms with Gasteiger partial charge in [0.25, 0.3) is 0 Å². The summed E-state index contributed by atoms with van der Waals surface area (Å²) in [5, 5.41) is 26.0. The van der Waals surface area contributed by atoms with E-state index in [1.807, 2.05) is 4.68 Å². The lowest BCUT2D eigenvalue weighted by Crippen LogP contribution is -2.52. The highest BCUT2D eigenvalue weighted by atomic mass is 16.3. The van der Waals surface area contributed by atoms with Gasteiger partial charge in [-0.05, 0) is 80.0 Å². The number of rotatable bonds is 4. The summed E-state index contributed by atoms with van der Waals surface area (Å²) < 4.78 is 1.89. The van der Waals surface area contributed by atoms with Crippen molar-refractivity contribution < 1.29 is 10.2 Å². The average molecular weight is 374 g/mol. The lowest BCUT2D eigenvalue weighted by Gasteiger charge is -2.55. The quantitative estimate of drug-likeness (QED) is 0.792. The predicted octanol–water partition coefficient (Wildman–Crippen LogP) is 3.58. The molecule has 5 heteroatoms. The average Bonchev–Trinajstić information content (AvgIpc) is 3.25. The first-order valence-electron chi connectivity index (χ1n) is 10.7. The van der Waals surface area contributed by atoms with E-state index in [4.69, 9.17) is 0 Å². The highest BCUT2D eigenvalue weighted by molar-refractivity contribution is 5.21. The molecule has 0 bridgehead atoms. The van der Waals surface area contributed by atoms with Crippen LogP contribution in [0.1, 0.15) is 65.2 Å². The predicted molar refractivity (Wildman–Crippen MR) is 105 cm³/mol. The van der Waals surface area contributed by atoms with Crippen molar-refractivity contribution in [1.82, 2.24) is 14.8 Å². The number of aliphatic hydroxyl groups is 2. The second kappa shape index (κ2) is 7.00. The van der Waals surface area contributed by atoms with Gasteiger partial charge < -0.3 is 10.2 Å². The zero-order valence-electron chi connectivity index (χ0n) is 16.8. The first-order valence-corrected chi connectivity index (χ1v) is 10.7. The Hall–Kier alpha value is -1.20. The lowest BCUT2D eigenvalue weighted by molar-refractivity contribution is -0.120. The summed E-state index contributed by atoms with van der Waals surface area (Å²) in [6, 6.07) is 0. The van der Waals surface area contributed by atoms with E-state index in [-0.39, 0.29) is 23.0 Å². The van der Waals surface area contributed by atoms with Crippen LogP contribution in [0.3, 0.4) is 0 Å². The van der Waals surface area contributed by atoms with E-state index in [2.05, 4.69) is 30.5 Å². The number of nitrogens with zero attached hydrogens (tertiary/aromatic N) is 3. The Morgan fingerprint density at radius 3 is 2.74 bits per heavy atom. The summed E-state index contributed by atoms with van der Waals surface area (Å²) >= 11 is 0. The van der Waals surface area contributed by atoms with Gasteiger partial charge in [-0.25, -0.2) is 4.98 Å². The summed E-state index contributed by atoms with van der Waals surface area (Å²) in [5.41, 5.74) is 1.54. The minimum absolute atomic E-state index is 0.0739. The molecule has 1 heterocycles. The summed E-state index contributed by atoms with van der Waals surface area (Å²) in [6.07, 6.45) is 10.9. The minimum atomic E-state index is -0.253. The molecule has 1 aromatic heterocycles. The number of allylic oxidation sites excluding steroid dienone is 1. The smallest absolute Gasteiger partial charge is 0.137 e. The third-order valence-corrected chi connectivity index (χ3v) is 8.71. The summed E-state index contributed by atoms with van der Waals surface area (Å²) in [4.78, 5) is 4.04. The Labute approximate surface area is 162 Å². The molecule has 0 spiro atoms. The van der Waals surface area contributed by atoms with E-state index in [0.717, 1.165) is 57.9 Å². The summed E-state index contributed by atoms with van der Waals surface area (Å²) in [7, 11) is 0. The molecule has 27 heavy (non-hydrogen) atoms. The van der Waals surface area contributed by atoms with Crippen molar-refractivity contribution in [3.63, 3.8) is 0 Å². The van der Waals surface area contributed by atoms with Crippen molar-refractivity contribution in [3.05, 3.63) is 24.8 Å². The number of hydrogen-bond acceptors (Lipinski definition) is 4. The molecule has 4 rings (SSSR count). The van der Waals surface area contributed by atoms with Gasteiger partial charge in [0.15, 0.2) is 0 Å². The molecule has 3 aliphatic rings. The van der Waals surface area contributed by atoms with Crippen molar-refractivity contribution in [1.29, 1.82) is 0 Å². The molecule has 1 aromatic rings. The van der Waals surface area contributed by atoms with Gasteiger partial charge in [-0.3, -0.25) is 4.68 Å². The molecule has 7 unspecified atom stereocenters. The maximum Gasteiger partial charge on any atom is 0.137 e. The van der Waals surface area contributed by atoms with Crippen molar-refractivity contribution in [2.75, 3.05) is 0 Å². The molecular formula is C22H35N3O2. The van der Waals surface area contributed by atoms with E-state index in [9.17, 15) is 10.2 Å². The van der Waals surface area contributed by atoms with Gasteiger partial charge in [-0.1, -0.05) is 26.0 Å². The second-order valence-corrected chi connectivity index (χ2v) is 9.88. The van der Waals surface area contributed by atoms with E-state index >= 15 is 0 Å². The number of aliphatic hydroxyl groups excluding tert-OH is 2. The van der Waals surface area contributed by atoms with Crippen LogP contribution in [0.4, 0.5) is 0 Å². The zero-order chi connectivity index (χ0) is 19.2. The molecule has 3 saturated carbocycles. The van der Waals surface area contributed by atoms with Crippen molar-refractivity contribution >= 4 is 0 Å². The van der Waals surface area contributed by atoms with E-state index < -0.39 is 0 Å². The van der Waals surface area contributed by atoms with Crippen LogP contribution < -0.4 is 0 Å². The highest BCUT2D eigenvalue weighted by Crippen LogP contribution is 2.61. The van der Waals surface area contributed by atoms with Crippen LogP contribution in [0.5, 0.6) is 0 Å². The molecule has 0 aliphatic heterocycles. The molecule has 0 amide bonds. The lowest BCUT2D eigenvalue weighted by atomic mass is 9.51. The normalized spacial score (nSPS) is 45.0. The van der Waals surface area contributed by atoms with Gasteiger partial charge in [-0.2, -0.15) is 5.10 Å². The molecule has 7 atom stereocenters. The molecule has 3 aliphatic carbocycles. The number of aryl methyl sites for hydroxylation is 1. The maximum atomic E-state index is 11.4. The Morgan fingerprint density at radius 1 is 1.19 bits per heavy atom. The summed E-state index contributed by atoms with van der Waals surface area (Å²) in [5.74, 6) is 1.07. The fourth-order valence-electron chi connectivity index (χ4n) is 6.70. The van der Waals surface area contributed by atoms with Crippen LogP contribution >= 0.6 is 0 Å². The maximum absolute atomic E-state index is 11.4. The molecule has 3 fully saturated rings. The molecule has 0 saturated heterocycles. The number of hydrogen-bond donors (Lipinski definition) is 2. The molecule has 2 N–H and O–H groups in total. The monoisotopic (exact) mass is 373 g/mol. The van der Waals surface area contributed by atoms with Crippen molar-refractivity contribution in [2.45, 2.75) is 84.0 Å². The van der Waals surface area contributed by atoms with Crippen LogP contribution in [0, 0.1) is 28.6 Å². The van der Waals surface area contributed by atoms with Gasteiger partial charge in [0.05, 0.1) is 12.2 Å². The fraction of sp³-hybridized carbons (Fsp3) is 0.818. The SMILES string of the molecule is C=C1CCC2C(O)C(C3(C)CCC(O)CC3CCn3cncn3)CCC12C. The Morgan fingerprint density at radius 2 is 2.00 bits per heavy atom. The standard InChI is InChI=1S/C22H35N3O2/c1-15-4-5-18-20(27)19(7-10-21(15,18)2)22(3)9-6-17(26)12-16(22)8-11-25-14-23-13-24-25/h13-14,16-20,26-27H,1,4-12H2,2-3H3. The van der Waals surface area contributed by atoms with Crippen LogP contribution in [0.15, 0.2) is 24.8 Å². The Bertz CT molecular complexity index is 675. The van der Waals surface area contributed by atoms with Crippen molar-refractivity contribution in [2.24, 2.45) is 28.6 Å². The van der Waals surface area contributed by atoms with Crippen LogP contribution in [0.2, 0.25) is 0 Å². The van der Waals surface area contributed by atoms with E-state index in [0.29, 0.717) is 17.8 Å². The number of fused-ring (bicyclic) bond motifs is 1.